The lowest BCUT2D eigenvalue weighted by Gasteiger charge is -2.34. The molecule has 0 saturated carbocycles. The highest BCUT2D eigenvalue weighted by Crippen LogP contribution is 2.42. The van der Waals surface area contributed by atoms with Gasteiger partial charge in [0.2, 0.25) is 0 Å². The summed E-state index contributed by atoms with van der Waals surface area (Å²) in [7, 11) is 0. The fraction of sp³-hybridized carbons (Fsp3) is 0.536. The van der Waals surface area contributed by atoms with Crippen LogP contribution in [0.2, 0.25) is 5.02 Å². The molecular weight excluding hydrogens is 580 g/mol. The normalized spacial score (nSPS) is 29.7. The summed E-state index contributed by atoms with van der Waals surface area (Å²) in [6.45, 7) is 1.82. The Bertz CT molecular complexity index is 1660. The molecule has 4 saturated heterocycles. The summed E-state index contributed by atoms with van der Waals surface area (Å²) in [4.78, 5) is 26.9. The van der Waals surface area contributed by atoms with Crippen LogP contribution in [0.5, 0.6) is 11.8 Å². The first-order chi connectivity index (χ1) is 20.3. The molecule has 4 atom stereocenters. The third kappa shape index (κ3) is 4.65. The molecule has 2 N–H and O–H groups in total. The summed E-state index contributed by atoms with van der Waals surface area (Å²) < 4.78 is 71.6. The lowest BCUT2D eigenvalue weighted by molar-refractivity contribution is -0.137. The Morgan fingerprint density at radius 1 is 1.21 bits per heavy atom. The predicted molar refractivity (Wildman–Crippen MR) is 148 cm³/mol. The molecule has 9 nitrogen and oxygen atoms in total. The third-order valence-electron chi connectivity index (χ3n) is 8.92. The lowest BCUT2D eigenvalue weighted by Crippen LogP contribution is -2.51. The second kappa shape index (κ2) is 9.95. The summed E-state index contributed by atoms with van der Waals surface area (Å²) in [6, 6.07) is 3.35. The summed E-state index contributed by atoms with van der Waals surface area (Å²) in [5, 5.41) is 13.2. The number of hydrogen-bond donors (Lipinski definition) is 2. The van der Waals surface area contributed by atoms with E-state index in [1.165, 1.54) is 12.3 Å². The number of rotatable bonds is 5. The number of phenolic OH excluding ortho intramolecular Hbond substituents is 1. The molecule has 4 aliphatic heterocycles. The quantitative estimate of drug-likeness (QED) is 0.419. The van der Waals surface area contributed by atoms with Crippen LogP contribution in [-0.2, 0) is 6.18 Å². The molecule has 1 aromatic carbocycles. The Balaban J connectivity index is 1.35. The predicted octanol–water partition coefficient (Wildman–Crippen LogP) is 4.05. The number of ether oxygens (including phenoxy) is 1. The molecule has 6 heterocycles. The van der Waals surface area contributed by atoms with Gasteiger partial charge in [-0.05, 0) is 44.4 Å². The van der Waals surface area contributed by atoms with Crippen LogP contribution in [0.15, 0.2) is 29.2 Å². The van der Waals surface area contributed by atoms with E-state index >= 15 is 0 Å². The van der Waals surface area contributed by atoms with E-state index in [1.54, 1.807) is 0 Å². The van der Waals surface area contributed by atoms with Crippen molar-refractivity contribution in [2.45, 2.75) is 62.1 Å². The Kier molecular flexibility index (Phi) is 6.27. The molecular formula is C28H29ClF4N6O3. The lowest BCUT2D eigenvalue weighted by atomic mass is 9.95. The maximum absolute atomic E-state index is 14.7. The van der Waals surface area contributed by atoms with Gasteiger partial charge in [-0.2, -0.15) is 23.1 Å². The van der Waals surface area contributed by atoms with E-state index in [4.69, 9.17) is 17.7 Å². The fourth-order valence-electron chi connectivity index (χ4n) is 7.07. The minimum absolute atomic E-state index is 0.00326. The van der Waals surface area contributed by atoms with E-state index in [1.807, 2.05) is 9.80 Å². The van der Waals surface area contributed by atoms with Crippen molar-refractivity contribution in [3.63, 3.8) is 0 Å². The number of benzene rings is 1. The molecule has 0 aliphatic carbocycles. The number of piperazine rings is 1. The van der Waals surface area contributed by atoms with Gasteiger partial charge in [0, 0.05) is 50.4 Å². The topological polar surface area (TPSA) is 95.8 Å². The highest BCUT2D eigenvalue weighted by molar-refractivity contribution is 6.31. The first-order valence-corrected chi connectivity index (χ1v) is 14.3. The standard InChI is InChI=1S/C28H29ClF4N6O3/c29-20-8-18(40)9-21(22(20)28(31,32)33)39-7-4-19-23(25(39)41)35-26(36-24(19)37-12-16-2-3-17(13-37)34-16)42-14-27-5-1-6-38(27)11-15(30)10-27/h4,7-9,15-17,34,40H,1-3,5-6,10-14H2/t15-,16-,17+,27+/m1/s1/i15D. The Labute approximate surface area is 244 Å². The van der Waals surface area contributed by atoms with E-state index in [-0.39, 0.29) is 43.2 Å². The van der Waals surface area contributed by atoms with Gasteiger partial charge >= 0.3 is 12.2 Å². The van der Waals surface area contributed by atoms with Gasteiger partial charge in [-0.15, -0.1) is 0 Å². The van der Waals surface area contributed by atoms with Crippen LogP contribution in [0.3, 0.4) is 0 Å². The van der Waals surface area contributed by atoms with Gasteiger partial charge in [-0.1, -0.05) is 11.6 Å². The number of anilines is 1. The average Bonchev–Trinajstić information content (AvgIpc) is 3.54. The number of nitrogens with zero attached hydrogens (tertiary/aromatic N) is 5. The van der Waals surface area contributed by atoms with Crippen LogP contribution in [0, 0.1) is 0 Å². The Morgan fingerprint density at radius 3 is 2.71 bits per heavy atom. The molecule has 4 aliphatic rings. The van der Waals surface area contributed by atoms with E-state index in [9.17, 15) is 27.5 Å². The highest BCUT2D eigenvalue weighted by Gasteiger charge is 2.49. The summed E-state index contributed by atoms with van der Waals surface area (Å²) >= 11 is 5.89. The van der Waals surface area contributed by atoms with Gasteiger partial charge in [0.1, 0.15) is 29.8 Å². The number of fused-ring (bicyclic) bond motifs is 4. The van der Waals surface area contributed by atoms with Crippen molar-refractivity contribution in [3.05, 3.63) is 45.3 Å². The van der Waals surface area contributed by atoms with Crippen molar-refractivity contribution in [3.8, 4) is 17.4 Å². The number of pyridine rings is 1. The van der Waals surface area contributed by atoms with Gasteiger partial charge in [-0.3, -0.25) is 14.3 Å². The summed E-state index contributed by atoms with van der Waals surface area (Å²) in [5.74, 6) is -0.126. The molecule has 0 amide bonds. The monoisotopic (exact) mass is 609 g/mol. The maximum atomic E-state index is 14.7. The zero-order valence-corrected chi connectivity index (χ0v) is 23.2. The molecule has 0 spiro atoms. The van der Waals surface area contributed by atoms with Crippen molar-refractivity contribution in [2.75, 3.05) is 37.7 Å². The third-order valence-corrected chi connectivity index (χ3v) is 9.22. The largest absolute Gasteiger partial charge is 0.508 e. The number of nitrogens with one attached hydrogen (secondary N) is 1. The SMILES string of the molecule is [2H][C@]1(F)CN2CCC[C@@]2(COc2nc(N3C[C@H]4CC[C@@H](C3)N4)c3ccn(-c4cc(O)cc(Cl)c4C(F)(F)F)c(=O)c3n2)C1. The Morgan fingerprint density at radius 2 is 1.98 bits per heavy atom. The van der Waals surface area contributed by atoms with Crippen molar-refractivity contribution in [1.82, 2.24) is 24.8 Å². The van der Waals surface area contributed by atoms with Crippen molar-refractivity contribution in [2.24, 2.45) is 0 Å². The number of aromatic hydroxyl groups is 1. The number of hydrogen-bond acceptors (Lipinski definition) is 8. The van der Waals surface area contributed by atoms with Gasteiger partial charge in [0.05, 0.1) is 28.6 Å². The van der Waals surface area contributed by atoms with Gasteiger partial charge < -0.3 is 20.1 Å². The molecule has 7 rings (SSSR count). The number of phenols is 1. The zero-order valence-electron chi connectivity index (χ0n) is 23.4. The minimum atomic E-state index is -4.92. The number of aromatic nitrogens is 3. The van der Waals surface area contributed by atoms with Crippen LogP contribution in [-0.4, -0.2) is 81.1 Å². The molecule has 2 bridgehead atoms. The van der Waals surface area contributed by atoms with Gasteiger partial charge in [0.15, 0.2) is 0 Å². The molecule has 2 aromatic heterocycles. The smallest absolute Gasteiger partial charge is 0.419 e. The molecule has 0 radical (unpaired) electrons. The van der Waals surface area contributed by atoms with Gasteiger partial charge in [0.25, 0.3) is 5.56 Å². The van der Waals surface area contributed by atoms with Crippen molar-refractivity contribution >= 4 is 28.3 Å². The van der Waals surface area contributed by atoms with Crippen molar-refractivity contribution in [1.29, 1.82) is 0 Å². The van der Waals surface area contributed by atoms with Crippen LogP contribution in [0.4, 0.5) is 23.4 Å². The van der Waals surface area contributed by atoms with Crippen LogP contribution < -0.4 is 20.5 Å². The molecule has 14 heteroatoms. The highest BCUT2D eigenvalue weighted by atomic mass is 35.5. The fourth-order valence-corrected chi connectivity index (χ4v) is 7.39. The molecule has 4 fully saturated rings. The molecule has 3 aromatic rings. The second-order valence-corrected chi connectivity index (χ2v) is 12.1. The minimum Gasteiger partial charge on any atom is -0.508 e. The zero-order chi connectivity index (χ0) is 30.3. The maximum Gasteiger partial charge on any atom is 0.419 e. The van der Waals surface area contributed by atoms with Gasteiger partial charge in [-0.25, -0.2) is 4.39 Å². The first kappa shape index (κ1) is 26.5. The number of alkyl halides is 4. The number of halogens is 5. The van der Waals surface area contributed by atoms with Crippen LogP contribution in [0.25, 0.3) is 16.6 Å². The van der Waals surface area contributed by atoms with Crippen LogP contribution in [0.1, 0.15) is 39.0 Å². The molecule has 0 unspecified atom stereocenters. The van der Waals surface area contributed by atoms with Crippen LogP contribution >= 0.6 is 11.6 Å². The van der Waals surface area contributed by atoms with E-state index in [2.05, 4.69) is 15.3 Å². The van der Waals surface area contributed by atoms with Crippen molar-refractivity contribution < 1.29 is 28.8 Å². The summed E-state index contributed by atoms with van der Waals surface area (Å²) in [6.07, 6.45) is -2.45. The molecule has 224 valence electrons. The Hall–Kier alpha value is -3.16. The molecule has 42 heavy (non-hydrogen) atoms. The second-order valence-electron chi connectivity index (χ2n) is 11.7. The van der Waals surface area contributed by atoms with E-state index < -0.39 is 45.4 Å². The van der Waals surface area contributed by atoms with E-state index in [0.29, 0.717) is 37.3 Å². The van der Waals surface area contributed by atoms with E-state index in [0.717, 1.165) is 36.0 Å². The first-order valence-electron chi connectivity index (χ1n) is 14.4. The summed E-state index contributed by atoms with van der Waals surface area (Å²) in [5.41, 5.74) is -3.68. The average molecular weight is 610 g/mol.